The van der Waals surface area contributed by atoms with Crippen LogP contribution >= 0.6 is 11.6 Å². The highest BCUT2D eigenvalue weighted by atomic mass is 35.5. The van der Waals surface area contributed by atoms with E-state index in [4.69, 9.17) is 27.3 Å². The number of nitrogens with two attached hydrogens (primary N) is 1. The first kappa shape index (κ1) is 10.3. The third-order valence-electron chi connectivity index (χ3n) is 2.47. The summed E-state index contributed by atoms with van der Waals surface area (Å²) >= 11 is 5.77. The van der Waals surface area contributed by atoms with Crippen LogP contribution in [0.25, 0.3) is 0 Å². The zero-order chi connectivity index (χ0) is 10.9. The lowest BCUT2D eigenvalue weighted by atomic mass is 10.2. The highest BCUT2D eigenvalue weighted by Crippen LogP contribution is 2.33. The van der Waals surface area contributed by atoms with Gasteiger partial charge in [-0.05, 0) is 31.0 Å². The number of hydrogen-bond donors (Lipinski definition) is 1. The van der Waals surface area contributed by atoms with Crippen molar-refractivity contribution in [2.75, 3.05) is 6.61 Å². The van der Waals surface area contributed by atoms with Gasteiger partial charge in [-0.25, -0.2) is 0 Å². The van der Waals surface area contributed by atoms with E-state index in [2.05, 4.69) is 0 Å². The van der Waals surface area contributed by atoms with Gasteiger partial charge in [0.15, 0.2) is 0 Å². The number of nitriles is 1. The highest BCUT2D eigenvalue weighted by molar-refractivity contribution is 6.30. The molecule has 1 fully saturated rings. The van der Waals surface area contributed by atoms with Crippen molar-refractivity contribution in [1.82, 2.24) is 0 Å². The van der Waals surface area contributed by atoms with E-state index in [1.807, 2.05) is 6.07 Å². The van der Waals surface area contributed by atoms with Crippen LogP contribution in [0.2, 0.25) is 5.02 Å². The second kappa shape index (κ2) is 3.73. The molecule has 1 aromatic rings. The van der Waals surface area contributed by atoms with Gasteiger partial charge < -0.3 is 10.5 Å². The largest absolute Gasteiger partial charge is 0.490 e. The summed E-state index contributed by atoms with van der Waals surface area (Å²) in [5.74, 6) is 0.554. The molecular formula is C11H11ClN2O. The Kier molecular flexibility index (Phi) is 2.56. The minimum Gasteiger partial charge on any atom is -0.490 e. The molecular weight excluding hydrogens is 212 g/mol. The molecule has 3 nitrogen and oxygen atoms in total. The lowest BCUT2D eigenvalue weighted by Gasteiger charge is -2.12. The molecule has 0 spiro atoms. The molecule has 0 heterocycles. The van der Waals surface area contributed by atoms with Gasteiger partial charge in [0.05, 0.1) is 11.1 Å². The van der Waals surface area contributed by atoms with Gasteiger partial charge in [0.2, 0.25) is 0 Å². The molecule has 78 valence electrons. The van der Waals surface area contributed by atoms with Gasteiger partial charge >= 0.3 is 0 Å². The molecule has 1 saturated carbocycles. The fourth-order valence-electron chi connectivity index (χ4n) is 1.24. The maximum atomic E-state index is 8.87. The topological polar surface area (TPSA) is 59.0 Å². The first-order chi connectivity index (χ1) is 7.13. The van der Waals surface area contributed by atoms with Crippen molar-refractivity contribution in [2.24, 2.45) is 5.73 Å². The minimum absolute atomic E-state index is 0.174. The zero-order valence-electron chi connectivity index (χ0n) is 8.16. The van der Waals surface area contributed by atoms with Crippen molar-refractivity contribution in [3.63, 3.8) is 0 Å². The summed E-state index contributed by atoms with van der Waals surface area (Å²) in [6.45, 7) is 0.462. The van der Waals surface area contributed by atoms with E-state index in [9.17, 15) is 0 Å². The van der Waals surface area contributed by atoms with Gasteiger partial charge in [0.1, 0.15) is 18.4 Å². The number of hydrogen-bond acceptors (Lipinski definition) is 3. The molecule has 1 aliphatic rings. The van der Waals surface area contributed by atoms with Crippen LogP contribution in [0.3, 0.4) is 0 Å². The van der Waals surface area contributed by atoms with Crippen LogP contribution in [0.1, 0.15) is 18.4 Å². The SMILES string of the molecule is N#Cc1cc(Cl)ccc1OCC1(N)CC1. The molecule has 2 rings (SSSR count). The molecule has 1 aliphatic carbocycles. The van der Waals surface area contributed by atoms with Crippen LogP contribution in [-0.4, -0.2) is 12.1 Å². The van der Waals surface area contributed by atoms with E-state index in [0.29, 0.717) is 22.9 Å². The van der Waals surface area contributed by atoms with Gasteiger partial charge in [-0.3, -0.25) is 0 Å². The number of rotatable bonds is 3. The molecule has 2 N–H and O–H groups in total. The third-order valence-corrected chi connectivity index (χ3v) is 2.70. The first-order valence-corrected chi connectivity index (χ1v) is 5.12. The minimum atomic E-state index is -0.174. The summed E-state index contributed by atoms with van der Waals surface area (Å²) in [6.07, 6.45) is 1.98. The van der Waals surface area contributed by atoms with Crippen molar-refractivity contribution in [1.29, 1.82) is 5.26 Å². The Bertz CT molecular complexity index is 421. The Morgan fingerprint density at radius 2 is 2.27 bits per heavy atom. The number of nitrogens with zero attached hydrogens (tertiary/aromatic N) is 1. The average Bonchev–Trinajstić information content (AvgIpc) is 2.95. The summed E-state index contributed by atoms with van der Waals surface area (Å²) in [5, 5.41) is 9.40. The van der Waals surface area contributed by atoms with Gasteiger partial charge in [0, 0.05) is 5.02 Å². The van der Waals surface area contributed by atoms with Crippen LogP contribution in [0, 0.1) is 11.3 Å². The number of halogens is 1. The van der Waals surface area contributed by atoms with Gasteiger partial charge in [-0.1, -0.05) is 11.6 Å². The Morgan fingerprint density at radius 1 is 1.53 bits per heavy atom. The zero-order valence-corrected chi connectivity index (χ0v) is 8.92. The van der Waals surface area contributed by atoms with Crippen LogP contribution in [0.4, 0.5) is 0 Å². The molecule has 0 amide bonds. The molecule has 0 aliphatic heterocycles. The molecule has 0 bridgehead atoms. The van der Waals surface area contributed by atoms with Crippen molar-refractivity contribution < 1.29 is 4.74 Å². The Morgan fingerprint density at radius 3 is 2.87 bits per heavy atom. The van der Waals surface area contributed by atoms with Crippen LogP contribution < -0.4 is 10.5 Å². The Labute approximate surface area is 93.4 Å². The third kappa shape index (κ3) is 2.41. The Hall–Kier alpha value is -1.24. The number of ether oxygens (including phenoxy) is 1. The van der Waals surface area contributed by atoms with Crippen LogP contribution in [0.5, 0.6) is 5.75 Å². The summed E-state index contributed by atoms with van der Waals surface area (Å²) in [7, 11) is 0. The maximum absolute atomic E-state index is 8.87. The quantitative estimate of drug-likeness (QED) is 0.852. The van der Waals surface area contributed by atoms with E-state index >= 15 is 0 Å². The summed E-state index contributed by atoms with van der Waals surface area (Å²) in [6, 6.07) is 7.04. The van der Waals surface area contributed by atoms with E-state index in [0.717, 1.165) is 12.8 Å². The van der Waals surface area contributed by atoms with Crippen LogP contribution in [-0.2, 0) is 0 Å². The fraction of sp³-hybridized carbons (Fsp3) is 0.364. The molecule has 4 heteroatoms. The number of benzene rings is 1. The van der Waals surface area contributed by atoms with Gasteiger partial charge in [-0.15, -0.1) is 0 Å². The predicted octanol–water partition coefficient (Wildman–Crippen LogP) is 2.08. The molecule has 0 unspecified atom stereocenters. The smallest absolute Gasteiger partial charge is 0.137 e. The lowest BCUT2D eigenvalue weighted by molar-refractivity contribution is 0.279. The van der Waals surface area contributed by atoms with E-state index in [1.54, 1.807) is 18.2 Å². The van der Waals surface area contributed by atoms with Crippen molar-refractivity contribution in [3.05, 3.63) is 28.8 Å². The van der Waals surface area contributed by atoms with E-state index in [1.165, 1.54) is 0 Å². The molecule has 0 saturated heterocycles. The first-order valence-electron chi connectivity index (χ1n) is 4.74. The Balaban J connectivity index is 2.10. The monoisotopic (exact) mass is 222 g/mol. The highest BCUT2D eigenvalue weighted by Gasteiger charge is 2.39. The lowest BCUT2D eigenvalue weighted by Crippen LogP contribution is -2.29. The predicted molar refractivity (Wildman–Crippen MR) is 57.8 cm³/mol. The van der Waals surface area contributed by atoms with Crippen molar-refractivity contribution >= 4 is 11.6 Å². The average molecular weight is 223 g/mol. The maximum Gasteiger partial charge on any atom is 0.137 e. The molecule has 1 aromatic carbocycles. The second-order valence-electron chi connectivity index (χ2n) is 3.90. The molecule has 15 heavy (non-hydrogen) atoms. The van der Waals surface area contributed by atoms with Gasteiger partial charge in [0.25, 0.3) is 0 Å². The second-order valence-corrected chi connectivity index (χ2v) is 4.34. The van der Waals surface area contributed by atoms with E-state index in [-0.39, 0.29) is 5.54 Å². The standard InChI is InChI=1S/C11H11ClN2O/c12-9-1-2-10(8(5-9)6-13)15-7-11(14)3-4-11/h1-2,5H,3-4,7,14H2. The summed E-state index contributed by atoms with van der Waals surface area (Å²) in [4.78, 5) is 0. The fourth-order valence-corrected chi connectivity index (χ4v) is 1.41. The van der Waals surface area contributed by atoms with Crippen molar-refractivity contribution in [2.45, 2.75) is 18.4 Å². The molecule has 0 aromatic heterocycles. The van der Waals surface area contributed by atoms with Crippen LogP contribution in [0.15, 0.2) is 18.2 Å². The van der Waals surface area contributed by atoms with Crippen molar-refractivity contribution in [3.8, 4) is 11.8 Å². The normalized spacial score (nSPS) is 16.9. The molecule has 0 atom stereocenters. The van der Waals surface area contributed by atoms with E-state index < -0.39 is 0 Å². The van der Waals surface area contributed by atoms with Gasteiger partial charge in [-0.2, -0.15) is 5.26 Å². The summed E-state index contributed by atoms with van der Waals surface area (Å²) < 4.78 is 5.50. The summed E-state index contributed by atoms with van der Waals surface area (Å²) in [5.41, 5.74) is 6.16. The molecule has 0 radical (unpaired) electrons.